The topological polar surface area (TPSA) is 157 Å². The van der Waals surface area contributed by atoms with Crippen molar-refractivity contribution in [2.24, 2.45) is 0 Å². The summed E-state index contributed by atoms with van der Waals surface area (Å²) in [6.45, 7) is 0.916. The fourth-order valence-corrected chi connectivity index (χ4v) is 0.630. The lowest BCUT2D eigenvalue weighted by atomic mass is 10.2. The predicted molar refractivity (Wildman–Crippen MR) is 33.9 cm³/mol. The third-order valence-corrected chi connectivity index (χ3v) is 1.14. The van der Waals surface area contributed by atoms with Crippen molar-refractivity contribution in [3.63, 3.8) is 0 Å². The molecule has 0 unspecified atom stereocenters. The van der Waals surface area contributed by atoms with Crippen molar-refractivity contribution in [1.82, 2.24) is 0 Å². The van der Waals surface area contributed by atoms with Gasteiger partial charge < -0.3 is 10.8 Å². The zero-order chi connectivity index (χ0) is 11.6. The highest BCUT2D eigenvalue weighted by atomic mass is 35.7. The second kappa shape index (κ2) is 9.13. The van der Waals surface area contributed by atoms with Crippen LogP contribution in [0.15, 0.2) is 0 Å². The van der Waals surface area contributed by atoms with Gasteiger partial charge in [0.2, 0.25) is 0 Å². The Bertz CT molecular complexity index is 142. The van der Waals surface area contributed by atoms with Crippen molar-refractivity contribution in [2.75, 3.05) is 6.54 Å². The Labute approximate surface area is 83.5 Å². The van der Waals surface area contributed by atoms with E-state index in [0.717, 1.165) is 25.8 Å². The van der Waals surface area contributed by atoms with Crippen molar-refractivity contribution < 1.29 is 44.5 Å². The van der Waals surface area contributed by atoms with Gasteiger partial charge >= 0.3 is 5.97 Å². The maximum Gasteiger partial charge on any atom is 0.303 e. The normalized spacial score (nSPS) is 10.4. The van der Waals surface area contributed by atoms with Crippen LogP contribution >= 0.6 is 0 Å². The number of unbranched alkanes of at least 4 members (excludes halogenated alkanes) is 2. The van der Waals surface area contributed by atoms with Crippen molar-refractivity contribution in [3.8, 4) is 0 Å². The first-order chi connectivity index (χ1) is 6.27. The highest BCUT2D eigenvalue weighted by Crippen LogP contribution is 1.96. The van der Waals surface area contributed by atoms with Crippen LogP contribution in [-0.4, -0.2) is 17.6 Å². The first-order valence-electron chi connectivity index (χ1n) is 3.90. The number of rotatable bonds is 5. The van der Waals surface area contributed by atoms with Gasteiger partial charge in [0.15, 0.2) is 0 Å². The quantitative estimate of drug-likeness (QED) is 0.452. The van der Waals surface area contributed by atoms with Crippen LogP contribution in [-0.2, 0) is 4.79 Å². The van der Waals surface area contributed by atoms with Crippen LogP contribution in [0.3, 0.4) is 0 Å². The maximum absolute atomic E-state index is 9.95. The smallest absolute Gasteiger partial charge is 0.303 e. The minimum Gasteiger partial charge on any atom is -0.481 e. The molecule has 0 saturated heterocycles. The molecular weight excluding hydrogens is 218 g/mol. The fourth-order valence-electron chi connectivity index (χ4n) is 0.630. The highest BCUT2D eigenvalue weighted by Gasteiger charge is 1.94. The van der Waals surface area contributed by atoms with Gasteiger partial charge in [0, 0.05) is 6.42 Å². The molecule has 4 N–H and O–H groups in total. The molecule has 0 aliphatic carbocycles. The molecule has 0 aromatic carbocycles. The van der Waals surface area contributed by atoms with E-state index >= 15 is 0 Å². The molecule has 0 rings (SSSR count). The maximum atomic E-state index is 9.95. The van der Waals surface area contributed by atoms with E-state index in [1.165, 1.54) is 0 Å². The fraction of sp³-hybridized carbons (Fsp3) is 0.833. The summed E-state index contributed by atoms with van der Waals surface area (Å²) in [5.74, 6) is -0.695. The molecule has 14 heavy (non-hydrogen) atoms. The Morgan fingerprint density at radius 3 is 1.86 bits per heavy atom. The number of carboxylic acids is 1. The van der Waals surface area contributed by atoms with E-state index in [1.807, 2.05) is 0 Å². The molecular formula is C6H14ClNO6. The molecule has 8 heteroatoms. The Morgan fingerprint density at radius 2 is 1.57 bits per heavy atom. The molecule has 7 nitrogen and oxygen atoms in total. The summed E-state index contributed by atoms with van der Waals surface area (Å²) in [5.41, 5.74) is 3.65. The van der Waals surface area contributed by atoms with Crippen LogP contribution in [0, 0.1) is 10.2 Å². The molecule has 0 atom stereocenters. The van der Waals surface area contributed by atoms with E-state index in [4.69, 9.17) is 23.7 Å². The number of hydrogen-bond donors (Lipinski definition) is 2. The van der Waals surface area contributed by atoms with Gasteiger partial charge in [-0.05, 0) is 19.3 Å². The minimum atomic E-state index is -4.94. The minimum absolute atomic E-state index is 0.306. The molecule has 0 aromatic heterocycles. The molecule has 0 amide bonds. The molecule has 0 bridgehead atoms. The average molecular weight is 232 g/mol. The number of aliphatic carboxylic acids is 1. The van der Waals surface area contributed by atoms with Gasteiger partial charge in [0.25, 0.3) is 0 Å². The van der Waals surface area contributed by atoms with E-state index in [1.54, 1.807) is 0 Å². The lowest BCUT2D eigenvalue weighted by molar-refractivity contribution is -2.00. The van der Waals surface area contributed by atoms with E-state index in [0.29, 0.717) is 6.42 Å². The summed E-state index contributed by atoms with van der Waals surface area (Å²) >= 11 is 0. The molecule has 0 aromatic rings. The summed E-state index contributed by atoms with van der Waals surface area (Å²) < 4.78 is 34.0. The molecule has 0 spiro atoms. The van der Waals surface area contributed by atoms with Gasteiger partial charge in [-0.15, -0.1) is 10.2 Å². The number of carbonyl (C=O) groups is 1. The monoisotopic (exact) mass is 231 g/mol. The van der Waals surface area contributed by atoms with Crippen LogP contribution < -0.4 is 24.4 Å². The second-order valence-electron chi connectivity index (χ2n) is 2.44. The average Bonchev–Trinajstić information content (AvgIpc) is 1.94. The molecule has 0 saturated carbocycles. The predicted octanol–water partition coefficient (Wildman–Crippen LogP) is -4.88. The molecule has 0 heterocycles. The third kappa shape index (κ3) is 41.7. The molecule has 0 aliphatic rings. The lowest BCUT2D eigenvalue weighted by Gasteiger charge is -2.17. The van der Waals surface area contributed by atoms with Crippen molar-refractivity contribution in [1.29, 1.82) is 0 Å². The lowest BCUT2D eigenvalue weighted by Crippen LogP contribution is -2.68. The third-order valence-electron chi connectivity index (χ3n) is 1.14. The summed E-state index contributed by atoms with van der Waals surface area (Å²) in [5, 5.41) is 8.20. The van der Waals surface area contributed by atoms with E-state index in [-0.39, 0.29) is 0 Å². The Morgan fingerprint density at radius 1 is 1.14 bits per heavy atom. The van der Waals surface area contributed by atoms with Gasteiger partial charge in [-0.25, -0.2) is 18.6 Å². The number of quaternary nitrogens is 1. The Balaban J connectivity index is 0. The van der Waals surface area contributed by atoms with Gasteiger partial charge in [0.1, 0.15) is 0 Å². The highest BCUT2D eigenvalue weighted by molar-refractivity contribution is 5.66. The van der Waals surface area contributed by atoms with Gasteiger partial charge in [-0.2, -0.15) is 0 Å². The zero-order valence-corrected chi connectivity index (χ0v) is 8.36. The summed E-state index contributed by atoms with van der Waals surface area (Å²) in [4.78, 5) is 9.95. The van der Waals surface area contributed by atoms with Crippen LogP contribution in [0.2, 0.25) is 0 Å². The molecule has 86 valence electrons. The van der Waals surface area contributed by atoms with Gasteiger partial charge in [0.05, 0.1) is 6.54 Å². The van der Waals surface area contributed by atoms with E-state index in [2.05, 4.69) is 5.73 Å². The van der Waals surface area contributed by atoms with Crippen LogP contribution in [0.4, 0.5) is 0 Å². The number of hydrogen-bond acceptors (Lipinski definition) is 5. The molecule has 0 radical (unpaired) electrons. The largest absolute Gasteiger partial charge is 0.481 e. The summed E-state index contributed by atoms with van der Waals surface area (Å²) in [7, 11) is -4.94. The standard InChI is InChI=1S/C6H13NO2.ClHO4/c7-5-3-1-2-4-6(8)9;2-1(3,4)5/h1-5,7H2,(H,8,9);(H,2,3,4,5). The molecule has 0 fully saturated rings. The van der Waals surface area contributed by atoms with Crippen molar-refractivity contribution >= 4 is 5.97 Å². The first-order valence-corrected chi connectivity index (χ1v) is 5.13. The number of halogens is 1. The van der Waals surface area contributed by atoms with E-state index < -0.39 is 16.2 Å². The van der Waals surface area contributed by atoms with Gasteiger partial charge in [-0.3, -0.25) is 4.79 Å². The summed E-state index contributed by atoms with van der Waals surface area (Å²) in [6.07, 6.45) is 3.15. The Hall–Kier alpha value is -0.440. The Kier molecular flexibility index (Phi) is 10.4. The SMILES string of the molecule is [NH3+]CCCCCC(=O)O.[O-][Cl+3]([O-])([O-])[O-]. The first kappa shape index (κ1) is 16.0. The number of carboxylic acid groups (broad SMARTS) is 1. The van der Waals surface area contributed by atoms with E-state index in [9.17, 15) is 4.79 Å². The van der Waals surface area contributed by atoms with Crippen molar-refractivity contribution in [3.05, 3.63) is 0 Å². The van der Waals surface area contributed by atoms with Crippen molar-refractivity contribution in [2.45, 2.75) is 25.7 Å². The van der Waals surface area contributed by atoms with Crippen LogP contribution in [0.1, 0.15) is 25.7 Å². The van der Waals surface area contributed by atoms with Crippen LogP contribution in [0.25, 0.3) is 0 Å². The van der Waals surface area contributed by atoms with Crippen LogP contribution in [0.5, 0.6) is 0 Å². The molecule has 0 aliphatic heterocycles. The summed E-state index contributed by atoms with van der Waals surface area (Å²) in [6, 6.07) is 0. The van der Waals surface area contributed by atoms with Gasteiger partial charge in [-0.1, -0.05) is 0 Å². The second-order valence-corrected chi connectivity index (χ2v) is 3.19. The zero-order valence-electron chi connectivity index (χ0n) is 7.61.